The molecular weight excluding hydrogens is 298 g/mol. The highest BCUT2D eigenvalue weighted by molar-refractivity contribution is 9.10. The Morgan fingerprint density at radius 2 is 2.29 bits per heavy atom. The van der Waals surface area contributed by atoms with Crippen LogP contribution in [0.15, 0.2) is 22.7 Å². The SMILES string of the molecule is CNC1CCC(C)(Cc2ccc(Br)cc2Cl)C1. The lowest BCUT2D eigenvalue weighted by Gasteiger charge is -2.25. The maximum atomic E-state index is 6.29. The summed E-state index contributed by atoms with van der Waals surface area (Å²) >= 11 is 9.74. The molecule has 0 saturated heterocycles. The molecule has 2 rings (SSSR count). The van der Waals surface area contributed by atoms with Crippen LogP contribution < -0.4 is 5.32 Å². The third-order valence-corrected chi connectivity index (χ3v) is 4.72. The van der Waals surface area contributed by atoms with E-state index >= 15 is 0 Å². The topological polar surface area (TPSA) is 12.0 Å². The van der Waals surface area contributed by atoms with Gasteiger partial charge in [-0.1, -0.05) is 40.5 Å². The molecule has 0 spiro atoms. The minimum atomic E-state index is 0.394. The van der Waals surface area contributed by atoms with Crippen LogP contribution in [0.1, 0.15) is 31.7 Å². The van der Waals surface area contributed by atoms with Crippen molar-refractivity contribution in [1.82, 2.24) is 5.32 Å². The third kappa shape index (κ3) is 3.24. The van der Waals surface area contributed by atoms with Crippen molar-refractivity contribution in [3.05, 3.63) is 33.3 Å². The van der Waals surface area contributed by atoms with Crippen LogP contribution in [0.25, 0.3) is 0 Å². The summed E-state index contributed by atoms with van der Waals surface area (Å²) in [5, 5.41) is 4.27. The molecule has 1 aliphatic rings. The van der Waals surface area contributed by atoms with Gasteiger partial charge in [0.1, 0.15) is 0 Å². The Hall–Kier alpha value is -0.0500. The molecule has 1 aromatic rings. The molecule has 1 aliphatic carbocycles. The van der Waals surface area contributed by atoms with Gasteiger partial charge >= 0.3 is 0 Å². The summed E-state index contributed by atoms with van der Waals surface area (Å²) in [6, 6.07) is 6.89. The van der Waals surface area contributed by atoms with E-state index in [1.807, 2.05) is 6.07 Å². The first-order chi connectivity index (χ1) is 8.02. The molecular formula is C14H19BrClN. The molecule has 1 N–H and O–H groups in total. The molecule has 3 heteroatoms. The molecule has 0 aliphatic heterocycles. The number of nitrogens with one attached hydrogen (secondary N) is 1. The fourth-order valence-electron chi connectivity index (χ4n) is 2.85. The summed E-state index contributed by atoms with van der Waals surface area (Å²) in [6.07, 6.45) is 4.89. The van der Waals surface area contributed by atoms with E-state index in [2.05, 4.69) is 47.4 Å². The van der Waals surface area contributed by atoms with Crippen LogP contribution in [0.4, 0.5) is 0 Å². The van der Waals surface area contributed by atoms with Crippen LogP contribution in [0.5, 0.6) is 0 Å². The molecule has 0 bridgehead atoms. The van der Waals surface area contributed by atoms with E-state index in [0.717, 1.165) is 15.9 Å². The molecule has 1 nitrogen and oxygen atoms in total. The van der Waals surface area contributed by atoms with E-state index in [1.165, 1.54) is 24.8 Å². The van der Waals surface area contributed by atoms with Gasteiger partial charge in [-0.05, 0) is 55.8 Å². The Morgan fingerprint density at radius 3 is 2.88 bits per heavy atom. The normalized spacial score (nSPS) is 28.6. The lowest BCUT2D eigenvalue weighted by atomic mass is 9.82. The van der Waals surface area contributed by atoms with Crippen molar-refractivity contribution in [2.75, 3.05) is 7.05 Å². The Labute approximate surface area is 117 Å². The van der Waals surface area contributed by atoms with E-state index in [4.69, 9.17) is 11.6 Å². The molecule has 2 unspecified atom stereocenters. The predicted octanol–water partition coefficient (Wildman–Crippen LogP) is 4.42. The van der Waals surface area contributed by atoms with Gasteiger partial charge in [-0.15, -0.1) is 0 Å². The molecule has 1 aromatic carbocycles. The molecule has 0 aromatic heterocycles. The maximum absolute atomic E-state index is 6.29. The molecule has 1 fully saturated rings. The highest BCUT2D eigenvalue weighted by Crippen LogP contribution is 2.41. The predicted molar refractivity (Wildman–Crippen MR) is 77.7 cm³/mol. The summed E-state index contributed by atoms with van der Waals surface area (Å²) in [6.45, 7) is 2.38. The average Bonchev–Trinajstić information content (AvgIpc) is 2.65. The molecule has 2 atom stereocenters. The lowest BCUT2D eigenvalue weighted by Crippen LogP contribution is -2.24. The molecule has 1 saturated carbocycles. The Balaban J connectivity index is 2.10. The van der Waals surface area contributed by atoms with Gasteiger partial charge in [-0.3, -0.25) is 0 Å². The smallest absolute Gasteiger partial charge is 0.0449 e. The summed E-state index contributed by atoms with van der Waals surface area (Å²) in [7, 11) is 2.06. The Kier molecular flexibility index (Phi) is 4.17. The number of halogens is 2. The van der Waals surface area contributed by atoms with Crippen molar-refractivity contribution in [2.45, 2.75) is 38.6 Å². The van der Waals surface area contributed by atoms with Crippen LogP contribution in [-0.2, 0) is 6.42 Å². The monoisotopic (exact) mass is 315 g/mol. The second-order valence-corrected chi connectivity index (χ2v) is 6.77. The number of rotatable bonds is 3. The fraction of sp³-hybridized carbons (Fsp3) is 0.571. The zero-order valence-electron chi connectivity index (χ0n) is 10.4. The lowest BCUT2D eigenvalue weighted by molar-refractivity contribution is 0.324. The van der Waals surface area contributed by atoms with Crippen molar-refractivity contribution >= 4 is 27.5 Å². The van der Waals surface area contributed by atoms with Gasteiger partial charge in [0, 0.05) is 15.5 Å². The van der Waals surface area contributed by atoms with Gasteiger partial charge in [0.25, 0.3) is 0 Å². The first-order valence-corrected chi connectivity index (χ1v) is 7.31. The molecule has 0 radical (unpaired) electrons. The van der Waals surface area contributed by atoms with Crippen LogP contribution >= 0.6 is 27.5 Å². The maximum Gasteiger partial charge on any atom is 0.0449 e. The van der Waals surface area contributed by atoms with Gasteiger partial charge in [0.15, 0.2) is 0 Å². The van der Waals surface area contributed by atoms with E-state index in [1.54, 1.807) is 0 Å². The number of benzene rings is 1. The number of hydrogen-bond acceptors (Lipinski definition) is 1. The van der Waals surface area contributed by atoms with Crippen molar-refractivity contribution in [2.24, 2.45) is 5.41 Å². The largest absolute Gasteiger partial charge is 0.317 e. The standard InChI is InChI=1S/C14H19BrClN/c1-14(6-5-12(9-14)17-2)8-10-3-4-11(15)7-13(10)16/h3-4,7,12,17H,5-6,8-9H2,1-2H3. The minimum Gasteiger partial charge on any atom is -0.317 e. The second-order valence-electron chi connectivity index (χ2n) is 5.45. The van der Waals surface area contributed by atoms with Crippen molar-refractivity contribution in [3.8, 4) is 0 Å². The van der Waals surface area contributed by atoms with E-state index < -0.39 is 0 Å². The Morgan fingerprint density at radius 1 is 1.53 bits per heavy atom. The highest BCUT2D eigenvalue weighted by atomic mass is 79.9. The summed E-state index contributed by atoms with van der Waals surface area (Å²) in [4.78, 5) is 0. The highest BCUT2D eigenvalue weighted by Gasteiger charge is 2.34. The van der Waals surface area contributed by atoms with Crippen LogP contribution in [0.2, 0.25) is 5.02 Å². The minimum absolute atomic E-state index is 0.394. The van der Waals surface area contributed by atoms with Gasteiger partial charge in [0.05, 0.1) is 0 Å². The molecule has 0 amide bonds. The zero-order chi connectivity index (χ0) is 12.5. The first-order valence-electron chi connectivity index (χ1n) is 6.14. The Bertz CT molecular complexity index is 407. The fourth-order valence-corrected chi connectivity index (χ4v) is 3.59. The van der Waals surface area contributed by atoms with E-state index in [0.29, 0.717) is 11.5 Å². The van der Waals surface area contributed by atoms with Gasteiger partial charge < -0.3 is 5.32 Å². The van der Waals surface area contributed by atoms with Gasteiger partial charge in [-0.2, -0.15) is 0 Å². The molecule has 17 heavy (non-hydrogen) atoms. The van der Waals surface area contributed by atoms with Gasteiger partial charge in [-0.25, -0.2) is 0 Å². The molecule has 0 heterocycles. The summed E-state index contributed by atoms with van der Waals surface area (Å²) in [5.41, 5.74) is 1.67. The number of hydrogen-bond donors (Lipinski definition) is 1. The summed E-state index contributed by atoms with van der Waals surface area (Å²) < 4.78 is 1.05. The van der Waals surface area contributed by atoms with Crippen molar-refractivity contribution in [1.29, 1.82) is 0 Å². The van der Waals surface area contributed by atoms with Gasteiger partial charge in [0.2, 0.25) is 0 Å². The zero-order valence-corrected chi connectivity index (χ0v) is 12.7. The second kappa shape index (κ2) is 5.29. The quantitative estimate of drug-likeness (QED) is 0.870. The van der Waals surface area contributed by atoms with Crippen LogP contribution in [0.3, 0.4) is 0 Å². The third-order valence-electron chi connectivity index (χ3n) is 3.88. The van der Waals surface area contributed by atoms with Crippen molar-refractivity contribution in [3.63, 3.8) is 0 Å². The van der Waals surface area contributed by atoms with Crippen LogP contribution in [-0.4, -0.2) is 13.1 Å². The van der Waals surface area contributed by atoms with E-state index in [-0.39, 0.29) is 0 Å². The average molecular weight is 317 g/mol. The van der Waals surface area contributed by atoms with Crippen molar-refractivity contribution < 1.29 is 0 Å². The first kappa shape index (κ1) is 13.4. The van der Waals surface area contributed by atoms with Crippen LogP contribution in [0, 0.1) is 5.41 Å². The van der Waals surface area contributed by atoms with E-state index in [9.17, 15) is 0 Å². The molecule has 94 valence electrons. The summed E-state index contributed by atoms with van der Waals surface area (Å²) in [5.74, 6) is 0.